The van der Waals surface area contributed by atoms with Gasteiger partial charge in [-0.3, -0.25) is 4.79 Å². The van der Waals surface area contributed by atoms with E-state index in [0.29, 0.717) is 28.8 Å². The monoisotopic (exact) mass is 431 g/mol. The standard InChI is InChI=1S/C25H18FNO3S/c1-30-21-11-8-17(9-12-21)4-2-5-18-10-13-23-22(15-18)25(28)24(31(29)27-23)16-19-6-3-7-20(26)14-19/h3,6-16,27H,4H2,1H3/b24-16+. The van der Waals surface area contributed by atoms with Gasteiger partial charge < -0.3 is 9.29 Å². The van der Waals surface area contributed by atoms with E-state index in [4.69, 9.17) is 4.74 Å². The first-order valence-corrected chi connectivity index (χ1v) is 10.6. The minimum absolute atomic E-state index is 0.0708. The summed E-state index contributed by atoms with van der Waals surface area (Å²) in [6.45, 7) is 0. The Morgan fingerprint density at radius 1 is 1.13 bits per heavy atom. The number of anilines is 1. The lowest BCUT2D eigenvalue weighted by atomic mass is 10.0. The molecule has 0 amide bonds. The fourth-order valence-corrected chi connectivity index (χ4v) is 4.14. The van der Waals surface area contributed by atoms with Crippen LogP contribution in [0, 0.1) is 17.7 Å². The molecule has 0 saturated heterocycles. The topological polar surface area (TPSA) is 61.4 Å². The molecule has 0 aliphatic carbocycles. The van der Waals surface area contributed by atoms with Gasteiger partial charge in [0, 0.05) is 18.1 Å². The summed E-state index contributed by atoms with van der Waals surface area (Å²) in [5, 5.41) is 0. The maximum absolute atomic E-state index is 13.5. The Balaban J connectivity index is 1.57. The van der Waals surface area contributed by atoms with E-state index in [-0.39, 0.29) is 10.7 Å². The lowest BCUT2D eigenvalue weighted by molar-refractivity contribution is 0.104. The van der Waals surface area contributed by atoms with Crippen molar-refractivity contribution in [1.29, 1.82) is 0 Å². The summed E-state index contributed by atoms with van der Waals surface area (Å²) in [6.07, 6.45) is 2.00. The van der Waals surface area contributed by atoms with Gasteiger partial charge >= 0.3 is 0 Å². The molecule has 0 aromatic heterocycles. The minimum atomic E-state index is -1.72. The van der Waals surface area contributed by atoms with Gasteiger partial charge in [-0.1, -0.05) is 36.1 Å². The van der Waals surface area contributed by atoms with Crippen LogP contribution in [-0.4, -0.2) is 17.4 Å². The highest BCUT2D eigenvalue weighted by Gasteiger charge is 2.33. The maximum Gasteiger partial charge on any atom is 0.245 e. The van der Waals surface area contributed by atoms with Crippen molar-refractivity contribution in [2.45, 2.75) is 6.42 Å². The number of carbonyl (C=O) groups excluding carboxylic acids is 1. The summed E-state index contributed by atoms with van der Waals surface area (Å²) in [5.41, 5.74) is 3.08. The van der Waals surface area contributed by atoms with Gasteiger partial charge in [0.05, 0.1) is 18.4 Å². The van der Waals surface area contributed by atoms with Crippen molar-refractivity contribution < 1.29 is 18.5 Å². The Kier molecular flexibility index (Phi) is 6.08. The Morgan fingerprint density at radius 3 is 2.68 bits per heavy atom. The molecule has 6 heteroatoms. The Bertz CT molecular complexity index is 1230. The van der Waals surface area contributed by atoms with Gasteiger partial charge in [0.15, 0.2) is 0 Å². The minimum Gasteiger partial charge on any atom is -0.588 e. The van der Waals surface area contributed by atoms with E-state index in [0.717, 1.165) is 11.3 Å². The molecule has 154 valence electrons. The number of halogens is 1. The fraction of sp³-hybridized carbons (Fsp3) is 0.0800. The Labute approximate surface area is 183 Å². The molecule has 0 radical (unpaired) electrons. The molecule has 1 aliphatic rings. The Hall–Kier alpha value is -3.53. The molecular formula is C25H18FNO3S. The average molecular weight is 431 g/mol. The van der Waals surface area contributed by atoms with E-state index in [2.05, 4.69) is 16.6 Å². The van der Waals surface area contributed by atoms with Crippen LogP contribution in [0.2, 0.25) is 0 Å². The lowest BCUT2D eigenvalue weighted by Crippen LogP contribution is -2.27. The van der Waals surface area contributed by atoms with Gasteiger partial charge in [-0.25, -0.2) is 9.11 Å². The zero-order valence-electron chi connectivity index (χ0n) is 16.6. The number of fused-ring (bicyclic) bond motifs is 1. The molecule has 4 nitrogen and oxygen atoms in total. The molecule has 0 bridgehead atoms. The van der Waals surface area contributed by atoms with Crippen molar-refractivity contribution >= 4 is 28.9 Å². The zero-order valence-corrected chi connectivity index (χ0v) is 17.5. The van der Waals surface area contributed by atoms with Gasteiger partial charge in [0.25, 0.3) is 0 Å². The van der Waals surface area contributed by atoms with Crippen molar-refractivity contribution in [2.75, 3.05) is 11.8 Å². The first-order valence-electron chi connectivity index (χ1n) is 9.50. The van der Waals surface area contributed by atoms with Gasteiger partial charge in [0.2, 0.25) is 10.7 Å². The highest BCUT2D eigenvalue weighted by molar-refractivity contribution is 7.97. The van der Waals surface area contributed by atoms with Gasteiger partial charge in [0.1, 0.15) is 22.9 Å². The van der Waals surface area contributed by atoms with Crippen molar-refractivity contribution in [3.8, 4) is 17.6 Å². The SMILES string of the molecule is COc1ccc(CC#Cc2ccc3c(c2)C(=O)/C(=C\c2cccc(F)c2)[S+]([O-])N3)cc1. The number of benzene rings is 3. The van der Waals surface area contributed by atoms with Crippen molar-refractivity contribution in [1.82, 2.24) is 0 Å². The lowest BCUT2D eigenvalue weighted by Gasteiger charge is -2.21. The molecule has 1 aliphatic heterocycles. The third-order valence-electron chi connectivity index (χ3n) is 4.72. The second-order valence-electron chi connectivity index (χ2n) is 6.85. The number of ether oxygens (including phenoxy) is 1. The first-order chi connectivity index (χ1) is 15.0. The molecular weight excluding hydrogens is 413 g/mol. The second kappa shape index (κ2) is 9.09. The molecule has 31 heavy (non-hydrogen) atoms. The molecule has 4 rings (SSSR count). The molecule has 1 heterocycles. The van der Waals surface area contributed by atoms with E-state index < -0.39 is 17.2 Å². The van der Waals surface area contributed by atoms with Gasteiger partial charge in [-0.05, 0) is 53.6 Å². The largest absolute Gasteiger partial charge is 0.588 e. The fourth-order valence-electron chi connectivity index (χ4n) is 3.13. The van der Waals surface area contributed by atoms with E-state index in [1.807, 2.05) is 24.3 Å². The maximum atomic E-state index is 13.5. The normalized spacial score (nSPS) is 16.2. The van der Waals surface area contributed by atoms with E-state index in [1.54, 1.807) is 31.4 Å². The number of hydrogen-bond acceptors (Lipinski definition) is 4. The van der Waals surface area contributed by atoms with Crippen LogP contribution in [0.1, 0.15) is 27.0 Å². The van der Waals surface area contributed by atoms with Crippen LogP contribution in [0.25, 0.3) is 6.08 Å². The summed E-state index contributed by atoms with van der Waals surface area (Å²) >= 11 is -1.72. The van der Waals surface area contributed by atoms with Crippen LogP contribution < -0.4 is 9.46 Å². The molecule has 0 spiro atoms. The van der Waals surface area contributed by atoms with Crippen LogP contribution in [0.4, 0.5) is 10.1 Å². The third kappa shape index (κ3) is 4.80. The summed E-state index contributed by atoms with van der Waals surface area (Å²) in [7, 11) is 1.62. The quantitative estimate of drug-likeness (QED) is 0.370. The molecule has 3 aromatic carbocycles. The number of rotatable bonds is 3. The molecule has 1 N–H and O–H groups in total. The van der Waals surface area contributed by atoms with E-state index >= 15 is 0 Å². The number of allylic oxidation sites excluding steroid dienone is 1. The summed E-state index contributed by atoms with van der Waals surface area (Å²) < 4.78 is 33.9. The molecule has 3 aromatic rings. The zero-order chi connectivity index (χ0) is 21.8. The number of hydrogen-bond donors (Lipinski definition) is 1. The van der Waals surface area contributed by atoms with Crippen LogP contribution >= 0.6 is 0 Å². The predicted octanol–water partition coefficient (Wildman–Crippen LogP) is 4.74. The summed E-state index contributed by atoms with van der Waals surface area (Å²) in [5.74, 6) is 6.17. The molecule has 1 atom stereocenters. The van der Waals surface area contributed by atoms with Gasteiger partial charge in [-0.15, -0.1) is 0 Å². The van der Waals surface area contributed by atoms with Crippen molar-refractivity contribution in [3.63, 3.8) is 0 Å². The second-order valence-corrected chi connectivity index (χ2v) is 8.03. The van der Waals surface area contributed by atoms with Gasteiger partial charge in [-0.2, -0.15) is 0 Å². The van der Waals surface area contributed by atoms with E-state index in [1.165, 1.54) is 24.3 Å². The molecule has 0 saturated carbocycles. The van der Waals surface area contributed by atoms with Crippen LogP contribution in [0.3, 0.4) is 0 Å². The number of carbonyl (C=O) groups is 1. The van der Waals surface area contributed by atoms with Crippen molar-refractivity contribution in [3.05, 3.63) is 99.7 Å². The number of nitrogens with one attached hydrogen (secondary N) is 1. The first kappa shape index (κ1) is 20.7. The average Bonchev–Trinajstić information content (AvgIpc) is 2.77. The number of methoxy groups -OCH3 is 1. The predicted molar refractivity (Wildman–Crippen MR) is 120 cm³/mol. The summed E-state index contributed by atoms with van der Waals surface area (Å²) in [4.78, 5) is 13.0. The third-order valence-corrected chi connectivity index (χ3v) is 5.83. The highest BCUT2D eigenvalue weighted by Crippen LogP contribution is 2.31. The van der Waals surface area contributed by atoms with Crippen LogP contribution in [0.5, 0.6) is 5.75 Å². The Morgan fingerprint density at radius 2 is 1.94 bits per heavy atom. The van der Waals surface area contributed by atoms with Crippen LogP contribution in [0.15, 0.2) is 71.6 Å². The molecule has 0 fully saturated rings. The highest BCUT2D eigenvalue weighted by atomic mass is 32.2. The summed E-state index contributed by atoms with van der Waals surface area (Å²) in [6, 6.07) is 18.6. The van der Waals surface area contributed by atoms with Crippen molar-refractivity contribution in [2.24, 2.45) is 0 Å². The number of ketones is 1. The van der Waals surface area contributed by atoms with E-state index in [9.17, 15) is 13.7 Å². The van der Waals surface area contributed by atoms with Crippen LogP contribution in [-0.2, 0) is 17.8 Å². The molecule has 1 unspecified atom stereocenters. The smallest absolute Gasteiger partial charge is 0.245 e. The number of Topliss-reactive ketones (excluding diaryl/α,β-unsaturated/α-hetero) is 1.